The molecule has 1 nitrogen and oxygen atoms in total. The van der Waals surface area contributed by atoms with Crippen LogP contribution in [0.4, 0.5) is 0 Å². The maximum Gasteiger partial charge on any atom is 0.273 e. The summed E-state index contributed by atoms with van der Waals surface area (Å²) in [6, 6.07) is 0. The lowest BCUT2D eigenvalue weighted by Crippen LogP contribution is -1.99. The molecule has 0 aromatic rings. The zero-order chi connectivity index (χ0) is 4.99. The zero-order valence-corrected chi connectivity index (χ0v) is 5.19. The molecule has 0 saturated heterocycles. The van der Waals surface area contributed by atoms with Gasteiger partial charge in [-0.1, -0.05) is 6.17 Å². The molecule has 0 amide bonds. The van der Waals surface area contributed by atoms with E-state index in [0.29, 0.717) is 15.5 Å². The van der Waals surface area contributed by atoms with Crippen LogP contribution in [0.25, 0.3) is 0 Å². The molecule has 0 atom stereocenters. The third-order valence-corrected chi connectivity index (χ3v) is 0.957. The normalized spacial score (nSPS) is 8.50. The van der Waals surface area contributed by atoms with Gasteiger partial charge in [-0.15, -0.1) is 0 Å². The van der Waals surface area contributed by atoms with Gasteiger partial charge in [-0.05, 0) is 13.8 Å². The quantitative estimate of drug-likeness (QED) is 0.459. The van der Waals surface area contributed by atoms with Gasteiger partial charge in [0.2, 0.25) is 0 Å². The minimum Gasteiger partial charge on any atom is -0.546 e. The second-order valence-electron chi connectivity index (χ2n) is 1.31. The predicted molar refractivity (Wildman–Crippen MR) is 29.1 cm³/mol. The average Bonchev–Trinajstić information content (AvgIpc) is 1.35. The Kier molecular flexibility index (Phi) is 3.03. The summed E-state index contributed by atoms with van der Waals surface area (Å²) in [5.74, 6) is 0. The second kappa shape index (κ2) is 3.09. The van der Waals surface area contributed by atoms with E-state index in [9.17, 15) is 0 Å². The van der Waals surface area contributed by atoms with Crippen LogP contribution in [0.5, 0.6) is 0 Å². The SMILES string of the molecule is C=[Si]OC(C)C. The molecule has 2 heteroatoms. The van der Waals surface area contributed by atoms with Crippen molar-refractivity contribution in [3.63, 3.8) is 0 Å². The highest BCUT2D eigenvalue weighted by atomic mass is 28.2. The molecule has 35 valence electrons. The molecule has 0 heterocycles. The van der Waals surface area contributed by atoms with Crippen molar-refractivity contribution in [2.75, 3.05) is 0 Å². The van der Waals surface area contributed by atoms with Gasteiger partial charge < -0.3 is 4.43 Å². The lowest BCUT2D eigenvalue weighted by atomic mass is 10.5. The molecule has 0 aromatic heterocycles. The minimum absolute atomic E-state index is 0.348. The number of hydrogen-bond donors (Lipinski definition) is 0. The van der Waals surface area contributed by atoms with Crippen molar-refractivity contribution in [2.24, 2.45) is 0 Å². The predicted octanol–water partition coefficient (Wildman–Crippen LogP) is 0.463. The first-order valence-corrected chi connectivity index (χ1v) is 3.06. The molecular weight excluding hydrogens is 92.1 g/mol. The third kappa shape index (κ3) is 3.89. The Morgan fingerprint density at radius 3 is 2.17 bits per heavy atom. The first-order chi connectivity index (χ1) is 2.77. The monoisotopic (exact) mass is 101 g/mol. The summed E-state index contributed by atoms with van der Waals surface area (Å²) in [6.07, 6.45) is 3.88. The van der Waals surface area contributed by atoms with Gasteiger partial charge in [0.25, 0.3) is 9.38 Å². The fourth-order valence-corrected chi connectivity index (χ4v) is 0.500. The van der Waals surface area contributed by atoms with E-state index in [2.05, 4.69) is 6.17 Å². The minimum atomic E-state index is 0.348. The van der Waals surface area contributed by atoms with Gasteiger partial charge in [-0.25, -0.2) is 0 Å². The molecule has 1 radical (unpaired) electrons. The average molecular weight is 101 g/mol. The van der Waals surface area contributed by atoms with Crippen molar-refractivity contribution in [3.8, 4) is 0 Å². The van der Waals surface area contributed by atoms with Gasteiger partial charge in [0.1, 0.15) is 0 Å². The first kappa shape index (κ1) is 5.89. The van der Waals surface area contributed by atoms with E-state index in [1.54, 1.807) is 0 Å². The van der Waals surface area contributed by atoms with Crippen LogP contribution in [0, 0.1) is 0 Å². The van der Waals surface area contributed by atoms with Gasteiger partial charge in [-0.2, -0.15) is 0 Å². The third-order valence-electron chi connectivity index (χ3n) is 0.319. The fraction of sp³-hybridized carbons (Fsp3) is 0.750. The lowest BCUT2D eigenvalue weighted by molar-refractivity contribution is 0.265. The Bertz CT molecular complexity index is 42.8. The van der Waals surface area contributed by atoms with Crippen molar-refractivity contribution in [2.45, 2.75) is 20.0 Å². The number of hydrogen-bond acceptors (Lipinski definition) is 1. The smallest absolute Gasteiger partial charge is 0.273 e. The van der Waals surface area contributed by atoms with Crippen molar-refractivity contribution < 1.29 is 4.43 Å². The van der Waals surface area contributed by atoms with Gasteiger partial charge in [0, 0.05) is 0 Å². The van der Waals surface area contributed by atoms with Crippen LogP contribution in [0.3, 0.4) is 0 Å². The van der Waals surface area contributed by atoms with E-state index in [1.165, 1.54) is 0 Å². The summed E-state index contributed by atoms with van der Waals surface area (Å²) in [7, 11) is 0.388. The lowest BCUT2D eigenvalue weighted by Gasteiger charge is -1.99. The summed E-state index contributed by atoms with van der Waals surface area (Å²) in [5.41, 5.74) is 0. The highest BCUT2D eigenvalue weighted by Crippen LogP contribution is 1.78. The molecule has 0 aliphatic heterocycles. The second-order valence-corrected chi connectivity index (χ2v) is 1.84. The molecule has 0 aliphatic carbocycles. The van der Waals surface area contributed by atoms with Crippen molar-refractivity contribution in [3.05, 3.63) is 0 Å². The number of rotatable bonds is 2. The largest absolute Gasteiger partial charge is 0.546 e. The van der Waals surface area contributed by atoms with Crippen LogP contribution in [-0.4, -0.2) is 21.7 Å². The molecule has 0 spiro atoms. The molecule has 0 saturated carbocycles. The van der Waals surface area contributed by atoms with Crippen LogP contribution < -0.4 is 0 Å². The van der Waals surface area contributed by atoms with E-state index in [0.717, 1.165) is 0 Å². The van der Waals surface area contributed by atoms with E-state index >= 15 is 0 Å². The molecule has 0 unspecified atom stereocenters. The van der Waals surface area contributed by atoms with Crippen LogP contribution in [0.1, 0.15) is 13.8 Å². The fourth-order valence-electron chi connectivity index (χ4n) is 0.167. The van der Waals surface area contributed by atoms with E-state index in [-0.39, 0.29) is 0 Å². The highest BCUT2D eigenvalue weighted by molar-refractivity contribution is 6.33. The highest BCUT2D eigenvalue weighted by Gasteiger charge is 1.81. The van der Waals surface area contributed by atoms with Crippen molar-refractivity contribution >= 4 is 15.6 Å². The summed E-state index contributed by atoms with van der Waals surface area (Å²) in [4.78, 5) is 0. The topological polar surface area (TPSA) is 9.23 Å². The van der Waals surface area contributed by atoms with Crippen LogP contribution in [0.2, 0.25) is 0 Å². The molecule has 0 bridgehead atoms. The summed E-state index contributed by atoms with van der Waals surface area (Å²) in [5, 5.41) is 0. The maximum absolute atomic E-state index is 4.96. The summed E-state index contributed by atoms with van der Waals surface area (Å²) in [6.45, 7) is 4.00. The molecular formula is C4H9OSi. The van der Waals surface area contributed by atoms with E-state index in [4.69, 9.17) is 4.43 Å². The van der Waals surface area contributed by atoms with Gasteiger partial charge in [0.05, 0.1) is 6.10 Å². The maximum atomic E-state index is 4.96. The zero-order valence-electron chi connectivity index (χ0n) is 4.19. The Morgan fingerprint density at radius 1 is 1.67 bits per heavy atom. The summed E-state index contributed by atoms with van der Waals surface area (Å²) < 4.78 is 4.96. The summed E-state index contributed by atoms with van der Waals surface area (Å²) >= 11 is 0. The van der Waals surface area contributed by atoms with Gasteiger partial charge >= 0.3 is 0 Å². The van der Waals surface area contributed by atoms with Crippen LogP contribution >= 0.6 is 0 Å². The Hall–Kier alpha value is -0.113. The van der Waals surface area contributed by atoms with Crippen molar-refractivity contribution in [1.82, 2.24) is 0 Å². The molecule has 0 fully saturated rings. The Morgan fingerprint density at radius 2 is 2.17 bits per heavy atom. The van der Waals surface area contributed by atoms with Gasteiger partial charge in [0.15, 0.2) is 0 Å². The van der Waals surface area contributed by atoms with Crippen LogP contribution in [0.15, 0.2) is 0 Å². The molecule has 0 N–H and O–H groups in total. The molecule has 6 heavy (non-hydrogen) atoms. The van der Waals surface area contributed by atoms with Gasteiger partial charge in [-0.3, -0.25) is 0 Å². The van der Waals surface area contributed by atoms with E-state index < -0.39 is 0 Å². The Balaban J connectivity index is 2.81. The standard InChI is InChI=1S/C4H9OSi/c1-4(2)5-6-3/h4H,3H2,1-2H3. The van der Waals surface area contributed by atoms with Crippen molar-refractivity contribution in [1.29, 1.82) is 0 Å². The molecule has 0 aromatic carbocycles. The Labute approximate surface area is 40.9 Å². The molecule has 0 rings (SSSR count). The molecule has 0 aliphatic rings. The first-order valence-electron chi connectivity index (χ1n) is 1.95. The van der Waals surface area contributed by atoms with Crippen LogP contribution in [-0.2, 0) is 4.43 Å². The van der Waals surface area contributed by atoms with E-state index in [1.807, 2.05) is 13.8 Å².